The SMILES string of the molecule is NC(=O)c1cnc(OCc2cccc(C(F)(F)F)c2)nc1. The lowest BCUT2D eigenvalue weighted by Gasteiger charge is -2.09. The number of halogens is 3. The van der Waals surface area contributed by atoms with E-state index in [9.17, 15) is 18.0 Å². The highest BCUT2D eigenvalue weighted by Gasteiger charge is 2.30. The summed E-state index contributed by atoms with van der Waals surface area (Å²) in [6.45, 7) is -0.125. The maximum atomic E-state index is 12.5. The molecule has 0 spiro atoms. The van der Waals surface area contributed by atoms with Crippen molar-refractivity contribution in [3.63, 3.8) is 0 Å². The van der Waals surface area contributed by atoms with Crippen LogP contribution in [0.5, 0.6) is 6.01 Å². The summed E-state index contributed by atoms with van der Waals surface area (Å²) in [6.07, 6.45) is -2.05. The average Bonchev–Trinajstić information content (AvgIpc) is 2.45. The van der Waals surface area contributed by atoms with E-state index in [0.29, 0.717) is 5.56 Å². The molecule has 2 rings (SSSR count). The lowest BCUT2D eigenvalue weighted by molar-refractivity contribution is -0.137. The van der Waals surface area contributed by atoms with Gasteiger partial charge in [-0.1, -0.05) is 12.1 Å². The molecule has 0 saturated carbocycles. The Morgan fingerprint density at radius 3 is 2.48 bits per heavy atom. The molecule has 0 aliphatic rings. The Morgan fingerprint density at radius 2 is 1.90 bits per heavy atom. The number of primary amides is 1. The van der Waals surface area contributed by atoms with Gasteiger partial charge in [0.2, 0.25) is 0 Å². The molecule has 1 amide bonds. The predicted molar refractivity (Wildman–Crippen MR) is 66.3 cm³/mol. The lowest BCUT2D eigenvalue weighted by atomic mass is 10.1. The molecule has 5 nitrogen and oxygen atoms in total. The molecule has 1 heterocycles. The van der Waals surface area contributed by atoms with Gasteiger partial charge in [0, 0.05) is 12.4 Å². The van der Waals surface area contributed by atoms with Gasteiger partial charge >= 0.3 is 12.2 Å². The summed E-state index contributed by atoms with van der Waals surface area (Å²) in [4.78, 5) is 18.3. The topological polar surface area (TPSA) is 78.1 Å². The standard InChI is InChI=1S/C13H10F3N3O2/c14-13(15,16)10-3-1-2-8(4-10)7-21-12-18-5-9(6-19-12)11(17)20/h1-6H,7H2,(H2,17,20). The number of carbonyl (C=O) groups is 1. The van der Waals surface area contributed by atoms with E-state index in [1.807, 2.05) is 0 Å². The molecule has 2 aromatic rings. The highest BCUT2D eigenvalue weighted by atomic mass is 19.4. The van der Waals surface area contributed by atoms with Crippen molar-refractivity contribution >= 4 is 5.91 Å². The monoisotopic (exact) mass is 297 g/mol. The van der Waals surface area contributed by atoms with Crippen LogP contribution in [0.4, 0.5) is 13.2 Å². The first-order valence-corrected chi connectivity index (χ1v) is 5.77. The second kappa shape index (κ2) is 5.78. The molecule has 0 atom stereocenters. The van der Waals surface area contributed by atoms with Crippen LogP contribution < -0.4 is 10.5 Å². The number of hydrogen-bond donors (Lipinski definition) is 1. The first kappa shape index (κ1) is 14.8. The van der Waals surface area contributed by atoms with E-state index in [1.54, 1.807) is 0 Å². The first-order chi connectivity index (χ1) is 9.86. The third-order valence-electron chi connectivity index (χ3n) is 2.53. The number of nitrogens with zero attached hydrogens (tertiary/aromatic N) is 2. The minimum atomic E-state index is -4.41. The minimum absolute atomic E-state index is 0.0580. The van der Waals surface area contributed by atoms with Gasteiger partial charge in [0.05, 0.1) is 11.1 Å². The van der Waals surface area contributed by atoms with Crippen molar-refractivity contribution in [1.82, 2.24) is 9.97 Å². The molecule has 1 aromatic heterocycles. The van der Waals surface area contributed by atoms with Crippen LogP contribution in [0.25, 0.3) is 0 Å². The molecule has 0 unspecified atom stereocenters. The highest BCUT2D eigenvalue weighted by Crippen LogP contribution is 2.29. The number of hydrogen-bond acceptors (Lipinski definition) is 4. The van der Waals surface area contributed by atoms with Crippen molar-refractivity contribution in [2.24, 2.45) is 5.73 Å². The van der Waals surface area contributed by atoms with Crippen LogP contribution >= 0.6 is 0 Å². The fourth-order valence-electron chi connectivity index (χ4n) is 1.50. The maximum Gasteiger partial charge on any atom is 0.416 e. The van der Waals surface area contributed by atoms with Crippen molar-refractivity contribution in [3.05, 3.63) is 53.3 Å². The van der Waals surface area contributed by atoms with E-state index in [1.165, 1.54) is 24.5 Å². The van der Waals surface area contributed by atoms with E-state index in [4.69, 9.17) is 10.5 Å². The molecular weight excluding hydrogens is 287 g/mol. The number of ether oxygens (including phenoxy) is 1. The first-order valence-electron chi connectivity index (χ1n) is 5.77. The summed E-state index contributed by atoms with van der Waals surface area (Å²) >= 11 is 0. The van der Waals surface area contributed by atoms with Crippen LogP contribution in [0, 0.1) is 0 Å². The molecule has 2 N–H and O–H groups in total. The molecule has 0 radical (unpaired) electrons. The number of aromatic nitrogens is 2. The molecule has 0 fully saturated rings. The van der Waals surface area contributed by atoms with Gasteiger partial charge in [-0.3, -0.25) is 4.79 Å². The Kier molecular flexibility index (Phi) is 4.06. The smallest absolute Gasteiger partial charge is 0.416 e. The van der Waals surface area contributed by atoms with E-state index in [2.05, 4.69) is 9.97 Å². The fourth-order valence-corrected chi connectivity index (χ4v) is 1.50. The van der Waals surface area contributed by atoms with Gasteiger partial charge in [-0.05, 0) is 17.7 Å². The zero-order chi connectivity index (χ0) is 15.5. The lowest BCUT2D eigenvalue weighted by Crippen LogP contribution is -2.12. The van der Waals surface area contributed by atoms with Crippen molar-refractivity contribution in [3.8, 4) is 6.01 Å². The Hall–Kier alpha value is -2.64. The number of carbonyl (C=O) groups excluding carboxylic acids is 1. The summed E-state index contributed by atoms with van der Waals surface area (Å²) in [6, 6.07) is 4.68. The molecule has 1 aromatic carbocycles. The summed E-state index contributed by atoms with van der Waals surface area (Å²) in [7, 11) is 0. The van der Waals surface area contributed by atoms with Crippen LogP contribution in [0.3, 0.4) is 0 Å². The molecule has 0 aliphatic heterocycles. The minimum Gasteiger partial charge on any atom is -0.459 e. The van der Waals surface area contributed by atoms with Gasteiger partial charge < -0.3 is 10.5 Å². The number of rotatable bonds is 4. The Balaban J connectivity index is 2.04. The van der Waals surface area contributed by atoms with Gasteiger partial charge in [0.25, 0.3) is 5.91 Å². The van der Waals surface area contributed by atoms with Gasteiger partial charge in [0.1, 0.15) is 6.61 Å². The molecule has 0 saturated heterocycles. The average molecular weight is 297 g/mol. The molecule has 8 heteroatoms. The van der Waals surface area contributed by atoms with Crippen LogP contribution in [0.15, 0.2) is 36.7 Å². The normalized spacial score (nSPS) is 11.2. The van der Waals surface area contributed by atoms with E-state index in [0.717, 1.165) is 12.1 Å². The van der Waals surface area contributed by atoms with Crippen molar-refractivity contribution < 1.29 is 22.7 Å². The number of benzene rings is 1. The van der Waals surface area contributed by atoms with E-state index in [-0.39, 0.29) is 18.2 Å². The molecule has 0 aliphatic carbocycles. The summed E-state index contributed by atoms with van der Waals surface area (Å²) in [5.74, 6) is -0.681. The Labute approximate surface area is 117 Å². The Bertz CT molecular complexity index is 642. The highest BCUT2D eigenvalue weighted by molar-refractivity contribution is 5.92. The van der Waals surface area contributed by atoms with Crippen LogP contribution in [0.1, 0.15) is 21.5 Å². The summed E-state index contributed by atoms with van der Waals surface area (Å²) in [5.41, 5.74) is 4.70. The molecule has 110 valence electrons. The van der Waals surface area contributed by atoms with Crippen molar-refractivity contribution in [1.29, 1.82) is 0 Å². The number of alkyl halides is 3. The summed E-state index contributed by atoms with van der Waals surface area (Å²) in [5, 5.41) is 0. The van der Waals surface area contributed by atoms with Gasteiger partial charge in [-0.15, -0.1) is 0 Å². The van der Waals surface area contributed by atoms with Gasteiger partial charge in [0.15, 0.2) is 0 Å². The van der Waals surface area contributed by atoms with Crippen molar-refractivity contribution in [2.45, 2.75) is 12.8 Å². The molecular formula is C13H10F3N3O2. The number of nitrogens with two attached hydrogens (primary N) is 1. The van der Waals surface area contributed by atoms with Crippen LogP contribution in [-0.4, -0.2) is 15.9 Å². The van der Waals surface area contributed by atoms with E-state index >= 15 is 0 Å². The van der Waals surface area contributed by atoms with Gasteiger partial charge in [-0.25, -0.2) is 9.97 Å². The largest absolute Gasteiger partial charge is 0.459 e. The van der Waals surface area contributed by atoms with Gasteiger partial charge in [-0.2, -0.15) is 13.2 Å². The zero-order valence-electron chi connectivity index (χ0n) is 10.6. The third kappa shape index (κ3) is 3.91. The van der Waals surface area contributed by atoms with Crippen LogP contribution in [-0.2, 0) is 12.8 Å². The molecule has 0 bridgehead atoms. The van der Waals surface area contributed by atoms with E-state index < -0.39 is 17.6 Å². The van der Waals surface area contributed by atoms with Crippen LogP contribution in [0.2, 0.25) is 0 Å². The second-order valence-corrected chi connectivity index (χ2v) is 4.11. The zero-order valence-corrected chi connectivity index (χ0v) is 10.6. The van der Waals surface area contributed by atoms with Crippen molar-refractivity contribution in [2.75, 3.05) is 0 Å². The number of amides is 1. The predicted octanol–water partition coefficient (Wildman–Crippen LogP) is 2.17. The summed E-state index contributed by atoms with van der Waals surface area (Å²) < 4.78 is 42.8. The molecule has 21 heavy (non-hydrogen) atoms. The fraction of sp³-hybridized carbons (Fsp3) is 0.154. The second-order valence-electron chi connectivity index (χ2n) is 4.11. The maximum absolute atomic E-state index is 12.5. The third-order valence-corrected chi connectivity index (χ3v) is 2.53. The Morgan fingerprint density at radius 1 is 1.24 bits per heavy atom. The quantitative estimate of drug-likeness (QED) is 0.938.